The van der Waals surface area contributed by atoms with E-state index in [1.165, 1.54) is 29.7 Å². The molecule has 0 radical (unpaired) electrons. The maximum Gasteiger partial charge on any atom is 0.341 e. The van der Waals surface area contributed by atoms with Gasteiger partial charge in [0.2, 0.25) is 0 Å². The van der Waals surface area contributed by atoms with Crippen LogP contribution in [0.15, 0.2) is 39.9 Å². The standard InChI is InChI=1S/C29H28BrClFN3O6S/c1-3-39-22-13-16(12-19(30)25(22)41-15-18-20(31)9-7-10-21(18)32)14-33-35-27(37)26(36)34-28-24(29(38)40-4-2)17-8-5-6-11-23(17)42-28/h7,9-10,12-14H,3-6,8,11,15H2,1-2H3,(H,34,36)(H,35,37)/b33-14+. The van der Waals surface area contributed by atoms with E-state index in [2.05, 4.69) is 31.8 Å². The fourth-order valence-electron chi connectivity index (χ4n) is 4.33. The van der Waals surface area contributed by atoms with Crippen LogP contribution >= 0.6 is 38.9 Å². The van der Waals surface area contributed by atoms with E-state index < -0.39 is 23.6 Å². The molecule has 3 aromatic rings. The molecule has 0 bridgehead atoms. The number of hydrogen-bond acceptors (Lipinski definition) is 8. The van der Waals surface area contributed by atoms with E-state index in [1.807, 2.05) is 0 Å². The van der Waals surface area contributed by atoms with E-state index in [-0.39, 0.29) is 23.8 Å². The Morgan fingerprint density at radius 1 is 1.12 bits per heavy atom. The second kappa shape index (κ2) is 14.6. The number of anilines is 1. The van der Waals surface area contributed by atoms with Crippen molar-refractivity contribution in [3.8, 4) is 11.5 Å². The van der Waals surface area contributed by atoms with Gasteiger partial charge in [-0.05, 0) is 90.9 Å². The Balaban J connectivity index is 1.44. The molecule has 2 N–H and O–H groups in total. The van der Waals surface area contributed by atoms with Crippen molar-refractivity contribution < 1.29 is 33.0 Å². The monoisotopic (exact) mass is 679 g/mol. The molecule has 0 spiro atoms. The van der Waals surface area contributed by atoms with Crippen LogP contribution in [-0.4, -0.2) is 37.2 Å². The number of nitrogens with one attached hydrogen (secondary N) is 2. The number of aryl methyl sites for hydroxylation is 1. The number of carbonyl (C=O) groups excluding carboxylic acids is 3. The lowest BCUT2D eigenvalue weighted by molar-refractivity contribution is -0.136. The molecular formula is C29H28BrClFN3O6S. The number of rotatable bonds is 10. The van der Waals surface area contributed by atoms with Crippen LogP contribution in [0.2, 0.25) is 5.02 Å². The highest BCUT2D eigenvalue weighted by atomic mass is 79.9. The van der Waals surface area contributed by atoms with Gasteiger partial charge in [-0.3, -0.25) is 9.59 Å². The zero-order chi connectivity index (χ0) is 30.2. The number of benzene rings is 2. The topological polar surface area (TPSA) is 115 Å². The number of ether oxygens (including phenoxy) is 3. The highest BCUT2D eigenvalue weighted by molar-refractivity contribution is 9.10. The first-order valence-corrected chi connectivity index (χ1v) is 15.2. The molecule has 0 aliphatic heterocycles. The summed E-state index contributed by atoms with van der Waals surface area (Å²) in [6.07, 6.45) is 4.77. The van der Waals surface area contributed by atoms with Crippen molar-refractivity contribution in [3.63, 3.8) is 0 Å². The number of halogens is 3. The molecule has 222 valence electrons. The lowest BCUT2D eigenvalue weighted by Crippen LogP contribution is -2.32. The molecule has 1 aliphatic carbocycles. The number of esters is 1. The quantitative estimate of drug-likeness (QED) is 0.111. The highest BCUT2D eigenvalue weighted by Gasteiger charge is 2.28. The van der Waals surface area contributed by atoms with Crippen molar-refractivity contribution in [1.29, 1.82) is 0 Å². The van der Waals surface area contributed by atoms with E-state index in [9.17, 15) is 18.8 Å². The van der Waals surface area contributed by atoms with Gasteiger partial charge in [0.15, 0.2) is 11.5 Å². The molecule has 1 aliphatic rings. The SMILES string of the molecule is CCOC(=O)c1c(NC(=O)C(=O)N/N=C/c2cc(Br)c(OCc3c(F)cccc3Cl)c(OCC)c2)sc2c1CCCC2. The number of carbonyl (C=O) groups is 3. The summed E-state index contributed by atoms with van der Waals surface area (Å²) in [7, 11) is 0. The van der Waals surface area contributed by atoms with Crippen molar-refractivity contribution in [2.24, 2.45) is 5.10 Å². The Morgan fingerprint density at radius 3 is 2.64 bits per heavy atom. The van der Waals surface area contributed by atoms with Crippen LogP contribution in [0, 0.1) is 5.82 Å². The summed E-state index contributed by atoms with van der Waals surface area (Å²) in [6.45, 7) is 3.88. The van der Waals surface area contributed by atoms with Gasteiger partial charge in [0.25, 0.3) is 0 Å². The minimum Gasteiger partial charge on any atom is -0.490 e. The van der Waals surface area contributed by atoms with E-state index in [0.29, 0.717) is 45.1 Å². The van der Waals surface area contributed by atoms with E-state index in [4.69, 9.17) is 25.8 Å². The van der Waals surface area contributed by atoms with E-state index >= 15 is 0 Å². The molecule has 2 aromatic carbocycles. The Bertz CT molecular complexity index is 1510. The van der Waals surface area contributed by atoms with Gasteiger partial charge in [-0.1, -0.05) is 17.7 Å². The number of thiophene rings is 1. The van der Waals surface area contributed by atoms with Gasteiger partial charge >= 0.3 is 17.8 Å². The molecule has 4 rings (SSSR count). The van der Waals surface area contributed by atoms with Crippen LogP contribution in [0.4, 0.5) is 9.39 Å². The van der Waals surface area contributed by atoms with Crippen LogP contribution < -0.4 is 20.2 Å². The molecule has 1 heterocycles. The van der Waals surface area contributed by atoms with Crippen LogP contribution in [0.1, 0.15) is 58.6 Å². The van der Waals surface area contributed by atoms with Gasteiger partial charge in [0, 0.05) is 10.4 Å². The predicted molar refractivity (Wildman–Crippen MR) is 162 cm³/mol. The fraction of sp³-hybridized carbons (Fsp3) is 0.310. The minimum atomic E-state index is -1.02. The minimum absolute atomic E-state index is 0.131. The molecule has 0 unspecified atom stereocenters. The molecule has 0 atom stereocenters. The summed E-state index contributed by atoms with van der Waals surface area (Å²) in [5.74, 6) is -2.33. The zero-order valence-corrected chi connectivity index (χ0v) is 26.0. The smallest absolute Gasteiger partial charge is 0.341 e. The number of amides is 2. The molecule has 13 heteroatoms. The third-order valence-corrected chi connectivity index (χ3v) is 8.37. The van der Waals surface area contributed by atoms with Crippen molar-refractivity contribution in [3.05, 3.63) is 72.8 Å². The van der Waals surface area contributed by atoms with Crippen LogP contribution in [-0.2, 0) is 33.8 Å². The molecule has 42 heavy (non-hydrogen) atoms. The number of nitrogens with zero attached hydrogens (tertiary/aromatic N) is 1. The molecule has 9 nitrogen and oxygen atoms in total. The molecule has 0 saturated carbocycles. The maximum atomic E-state index is 14.2. The number of hydrogen-bond donors (Lipinski definition) is 2. The van der Waals surface area contributed by atoms with Crippen molar-refractivity contribution >= 4 is 67.9 Å². The summed E-state index contributed by atoms with van der Waals surface area (Å²) in [5, 5.41) is 6.97. The second-order valence-electron chi connectivity index (χ2n) is 9.04. The molecule has 1 aromatic heterocycles. The fourth-order valence-corrected chi connectivity index (χ4v) is 6.39. The Kier molecular flexibility index (Phi) is 10.9. The molecule has 0 fully saturated rings. The second-order valence-corrected chi connectivity index (χ2v) is 11.4. The van der Waals surface area contributed by atoms with Gasteiger partial charge in [-0.15, -0.1) is 11.3 Å². The predicted octanol–water partition coefficient (Wildman–Crippen LogP) is 6.43. The van der Waals surface area contributed by atoms with E-state index in [1.54, 1.807) is 32.0 Å². The van der Waals surface area contributed by atoms with Crippen LogP contribution in [0.3, 0.4) is 0 Å². The number of hydrazone groups is 1. The Hall–Kier alpha value is -3.48. The highest BCUT2D eigenvalue weighted by Crippen LogP contribution is 2.39. The van der Waals surface area contributed by atoms with Gasteiger partial charge in [0.05, 0.1) is 34.5 Å². The summed E-state index contributed by atoms with van der Waals surface area (Å²) in [6, 6.07) is 7.64. The first-order valence-electron chi connectivity index (χ1n) is 13.2. The molecular weight excluding hydrogens is 653 g/mol. The third kappa shape index (κ3) is 7.47. The lowest BCUT2D eigenvalue weighted by Gasteiger charge is -2.15. The normalized spacial score (nSPS) is 12.5. The first kappa shape index (κ1) is 31.5. The summed E-state index contributed by atoms with van der Waals surface area (Å²) < 4.78 is 31.4. The molecule has 0 saturated heterocycles. The molecule has 2 amide bonds. The average molecular weight is 681 g/mol. The first-order chi connectivity index (χ1) is 20.2. The van der Waals surface area contributed by atoms with Crippen LogP contribution in [0.5, 0.6) is 11.5 Å². The summed E-state index contributed by atoms with van der Waals surface area (Å²) in [4.78, 5) is 38.8. The van der Waals surface area contributed by atoms with Crippen LogP contribution in [0.25, 0.3) is 0 Å². The van der Waals surface area contributed by atoms with E-state index in [0.717, 1.165) is 29.7 Å². The van der Waals surface area contributed by atoms with Gasteiger partial charge in [-0.2, -0.15) is 5.10 Å². The Labute approximate surface area is 259 Å². The van der Waals surface area contributed by atoms with Gasteiger partial charge in [0.1, 0.15) is 17.4 Å². The summed E-state index contributed by atoms with van der Waals surface area (Å²) >= 11 is 10.8. The summed E-state index contributed by atoms with van der Waals surface area (Å²) in [5.41, 5.74) is 4.10. The third-order valence-electron chi connectivity index (χ3n) is 6.22. The number of fused-ring (bicyclic) bond motifs is 1. The van der Waals surface area contributed by atoms with Crippen molar-refractivity contribution in [2.75, 3.05) is 18.5 Å². The van der Waals surface area contributed by atoms with Crippen molar-refractivity contribution in [2.45, 2.75) is 46.1 Å². The largest absolute Gasteiger partial charge is 0.490 e. The van der Waals surface area contributed by atoms with Gasteiger partial charge < -0.3 is 19.5 Å². The maximum absolute atomic E-state index is 14.2. The van der Waals surface area contributed by atoms with Gasteiger partial charge in [-0.25, -0.2) is 14.6 Å². The Morgan fingerprint density at radius 2 is 1.90 bits per heavy atom. The lowest BCUT2D eigenvalue weighted by atomic mass is 9.95. The average Bonchev–Trinajstić information content (AvgIpc) is 3.32. The van der Waals surface area contributed by atoms with Crippen molar-refractivity contribution in [1.82, 2.24) is 5.43 Å². The zero-order valence-electron chi connectivity index (χ0n) is 22.9.